The smallest absolute Gasteiger partial charge is 0.259 e. The van der Waals surface area contributed by atoms with Crippen LogP contribution in [-0.2, 0) is 11.3 Å². The topological polar surface area (TPSA) is 102 Å². The first-order valence-electron chi connectivity index (χ1n) is 8.23. The van der Waals surface area contributed by atoms with Gasteiger partial charge in [0.05, 0.1) is 17.6 Å². The minimum Gasteiger partial charge on any atom is -0.378 e. The first-order valence-corrected chi connectivity index (χ1v) is 9.33. The van der Waals surface area contributed by atoms with Gasteiger partial charge in [0.1, 0.15) is 0 Å². The van der Waals surface area contributed by atoms with E-state index in [1.807, 2.05) is 43.3 Å². The highest BCUT2D eigenvalue weighted by molar-refractivity contribution is 7.80. The van der Waals surface area contributed by atoms with Gasteiger partial charge in [0.25, 0.3) is 11.3 Å². The fourth-order valence-corrected chi connectivity index (χ4v) is 2.76. The van der Waals surface area contributed by atoms with E-state index in [1.54, 1.807) is 24.3 Å². The lowest BCUT2D eigenvalue weighted by molar-refractivity contribution is 0.570. The first-order chi connectivity index (χ1) is 13.4. The van der Waals surface area contributed by atoms with Crippen LogP contribution in [0.4, 0.5) is 38.9 Å². The summed E-state index contributed by atoms with van der Waals surface area (Å²) >= 11 is -2.26. The van der Waals surface area contributed by atoms with Gasteiger partial charge in [-0.1, -0.05) is 12.1 Å². The van der Waals surface area contributed by atoms with Crippen LogP contribution >= 0.6 is 0 Å². The predicted octanol–water partition coefficient (Wildman–Crippen LogP) is 3.72. The number of para-hydroxylation sites is 2. The molecule has 0 aliphatic carbocycles. The van der Waals surface area contributed by atoms with Gasteiger partial charge in [0.2, 0.25) is 5.95 Å². The maximum atomic E-state index is 14.2. The van der Waals surface area contributed by atoms with Crippen molar-refractivity contribution in [3.8, 4) is 0 Å². The van der Waals surface area contributed by atoms with Crippen molar-refractivity contribution in [1.82, 2.24) is 9.97 Å². The number of nitrogens with zero attached hydrogens (tertiary/aromatic N) is 3. The van der Waals surface area contributed by atoms with Gasteiger partial charge in [-0.25, -0.2) is 13.6 Å². The Morgan fingerprint density at radius 1 is 1.04 bits per heavy atom. The Hall–Kier alpha value is -3.24. The SMILES string of the molecule is CN(C)c1ccc(Nc2ncc(F)c(Nc3ccccc3NS(=O)O)n2)cc1. The van der Waals surface area contributed by atoms with Crippen LogP contribution in [0.25, 0.3) is 0 Å². The van der Waals surface area contributed by atoms with Gasteiger partial charge in [-0.2, -0.15) is 4.98 Å². The fourth-order valence-electron chi connectivity index (χ4n) is 2.39. The molecule has 1 atom stereocenters. The highest BCUT2D eigenvalue weighted by atomic mass is 32.2. The summed E-state index contributed by atoms with van der Waals surface area (Å²) in [4.78, 5) is 10.1. The van der Waals surface area contributed by atoms with Gasteiger partial charge in [0, 0.05) is 25.5 Å². The van der Waals surface area contributed by atoms with Crippen LogP contribution in [-0.4, -0.2) is 32.8 Å². The number of aromatic nitrogens is 2. The molecular formula is C18H19FN6O2S. The Labute approximate surface area is 164 Å². The molecule has 0 bridgehead atoms. The molecule has 0 amide bonds. The molecule has 0 radical (unpaired) electrons. The Morgan fingerprint density at radius 2 is 1.71 bits per heavy atom. The number of anilines is 6. The monoisotopic (exact) mass is 402 g/mol. The van der Waals surface area contributed by atoms with Crippen molar-refractivity contribution in [2.75, 3.05) is 34.4 Å². The van der Waals surface area contributed by atoms with Gasteiger partial charge in [-0.15, -0.1) is 0 Å². The predicted molar refractivity (Wildman–Crippen MR) is 110 cm³/mol. The third kappa shape index (κ3) is 4.93. The summed E-state index contributed by atoms with van der Waals surface area (Å²) in [6.45, 7) is 0. The molecule has 4 N–H and O–H groups in total. The zero-order valence-corrected chi connectivity index (χ0v) is 16.0. The summed E-state index contributed by atoms with van der Waals surface area (Å²) in [5.41, 5.74) is 2.51. The third-order valence-electron chi connectivity index (χ3n) is 3.76. The van der Waals surface area contributed by atoms with E-state index >= 15 is 0 Å². The van der Waals surface area contributed by atoms with Crippen molar-refractivity contribution in [3.63, 3.8) is 0 Å². The van der Waals surface area contributed by atoms with E-state index in [0.717, 1.165) is 17.6 Å². The van der Waals surface area contributed by atoms with Crippen LogP contribution in [0.2, 0.25) is 0 Å². The highest BCUT2D eigenvalue weighted by Crippen LogP contribution is 2.27. The number of halogens is 1. The lowest BCUT2D eigenvalue weighted by Gasteiger charge is -2.14. The summed E-state index contributed by atoms with van der Waals surface area (Å²) < 4.78 is 36.6. The quantitative estimate of drug-likeness (QED) is 0.447. The Morgan fingerprint density at radius 3 is 2.36 bits per heavy atom. The average molecular weight is 402 g/mol. The standard InChI is InChI=1S/C18H19FN6O2S/c1-25(2)13-9-7-12(8-10-13)21-18-20-11-14(19)17(23-18)22-15-5-3-4-6-16(15)24-28(26)27/h3-11,24H,1-2H3,(H,26,27)(H2,20,21,22,23). The molecule has 0 spiro atoms. The summed E-state index contributed by atoms with van der Waals surface area (Å²) in [7, 11) is 3.89. The van der Waals surface area contributed by atoms with Gasteiger partial charge >= 0.3 is 0 Å². The lowest BCUT2D eigenvalue weighted by Crippen LogP contribution is -2.08. The Kier molecular flexibility index (Phi) is 6.02. The maximum absolute atomic E-state index is 14.2. The van der Waals surface area contributed by atoms with Gasteiger partial charge < -0.3 is 15.5 Å². The largest absolute Gasteiger partial charge is 0.378 e. The molecular weight excluding hydrogens is 383 g/mol. The molecule has 3 rings (SSSR count). The van der Waals surface area contributed by atoms with Crippen molar-refractivity contribution in [3.05, 3.63) is 60.5 Å². The van der Waals surface area contributed by atoms with Crippen LogP contribution in [0.3, 0.4) is 0 Å². The molecule has 8 nitrogen and oxygen atoms in total. The second kappa shape index (κ2) is 8.63. The molecule has 1 aromatic heterocycles. The number of hydrogen-bond acceptors (Lipinski definition) is 6. The minimum atomic E-state index is -2.26. The Balaban J connectivity index is 1.81. The zero-order valence-electron chi connectivity index (χ0n) is 15.2. The van der Waals surface area contributed by atoms with Crippen LogP contribution in [0.5, 0.6) is 0 Å². The normalized spacial score (nSPS) is 11.6. The van der Waals surface area contributed by atoms with Crippen molar-refractivity contribution in [1.29, 1.82) is 0 Å². The number of rotatable bonds is 7. The van der Waals surface area contributed by atoms with Crippen molar-refractivity contribution < 1.29 is 13.2 Å². The van der Waals surface area contributed by atoms with E-state index in [-0.39, 0.29) is 11.8 Å². The van der Waals surface area contributed by atoms with E-state index in [4.69, 9.17) is 4.55 Å². The van der Waals surface area contributed by atoms with Crippen LogP contribution in [0.1, 0.15) is 0 Å². The molecule has 0 saturated heterocycles. The van der Waals surface area contributed by atoms with Gasteiger partial charge in [0.15, 0.2) is 11.6 Å². The molecule has 0 fully saturated rings. The molecule has 3 aromatic rings. The van der Waals surface area contributed by atoms with E-state index in [0.29, 0.717) is 11.4 Å². The molecule has 2 aromatic carbocycles. The molecule has 0 saturated carbocycles. The average Bonchev–Trinajstić information content (AvgIpc) is 2.66. The number of hydrogen-bond donors (Lipinski definition) is 4. The van der Waals surface area contributed by atoms with E-state index in [9.17, 15) is 8.60 Å². The van der Waals surface area contributed by atoms with Crippen LogP contribution in [0.15, 0.2) is 54.7 Å². The maximum Gasteiger partial charge on any atom is 0.259 e. The van der Waals surface area contributed by atoms with Gasteiger partial charge in [-0.05, 0) is 36.4 Å². The lowest BCUT2D eigenvalue weighted by atomic mass is 10.2. The van der Waals surface area contributed by atoms with Gasteiger partial charge in [-0.3, -0.25) is 9.27 Å². The van der Waals surface area contributed by atoms with Crippen LogP contribution < -0.4 is 20.3 Å². The molecule has 1 unspecified atom stereocenters. The van der Waals surface area contributed by atoms with Crippen molar-refractivity contribution in [2.45, 2.75) is 0 Å². The Bertz CT molecular complexity index is 984. The minimum absolute atomic E-state index is 0.0691. The molecule has 10 heteroatoms. The summed E-state index contributed by atoms with van der Waals surface area (Å²) in [6.07, 6.45) is 1.05. The fraction of sp³-hybridized carbons (Fsp3) is 0.111. The molecule has 1 heterocycles. The third-order valence-corrected chi connectivity index (χ3v) is 4.16. The van der Waals surface area contributed by atoms with Crippen molar-refractivity contribution >= 4 is 45.8 Å². The second-order valence-electron chi connectivity index (χ2n) is 5.98. The molecule has 146 valence electrons. The van der Waals surface area contributed by atoms with Crippen LogP contribution in [0, 0.1) is 5.82 Å². The second-order valence-corrected chi connectivity index (χ2v) is 6.68. The van der Waals surface area contributed by atoms with E-state index < -0.39 is 17.1 Å². The zero-order chi connectivity index (χ0) is 20.1. The summed E-state index contributed by atoms with van der Waals surface area (Å²) in [5, 5.41) is 5.83. The summed E-state index contributed by atoms with van der Waals surface area (Å²) in [6, 6.07) is 14.2. The highest BCUT2D eigenvalue weighted by Gasteiger charge is 2.11. The number of nitrogens with one attached hydrogen (secondary N) is 3. The first kappa shape index (κ1) is 19.5. The van der Waals surface area contributed by atoms with Crippen molar-refractivity contribution in [2.24, 2.45) is 0 Å². The molecule has 0 aliphatic rings. The summed E-state index contributed by atoms with van der Waals surface area (Å²) in [5.74, 6) is -0.522. The van der Waals surface area contributed by atoms with E-state index in [2.05, 4.69) is 25.3 Å². The van der Waals surface area contributed by atoms with E-state index in [1.165, 1.54) is 0 Å². The number of benzene rings is 2. The molecule has 0 aliphatic heterocycles. The molecule has 28 heavy (non-hydrogen) atoms.